The Balaban J connectivity index is 2.17. The SMILES string of the molecule is ClC1Cc2cc3c(cc21)OCO3. The summed E-state index contributed by atoms with van der Waals surface area (Å²) >= 11 is 5.98. The minimum Gasteiger partial charge on any atom is -0.454 e. The maximum Gasteiger partial charge on any atom is 0.231 e. The molecule has 1 aromatic rings. The molecule has 3 heteroatoms. The van der Waals surface area contributed by atoms with Crippen LogP contribution in [0.5, 0.6) is 11.5 Å². The molecule has 0 N–H and O–H groups in total. The van der Waals surface area contributed by atoms with Crippen LogP contribution in [0.1, 0.15) is 16.5 Å². The van der Waals surface area contributed by atoms with Crippen LogP contribution < -0.4 is 9.47 Å². The van der Waals surface area contributed by atoms with Crippen molar-refractivity contribution in [2.75, 3.05) is 6.79 Å². The van der Waals surface area contributed by atoms with Gasteiger partial charge in [0.15, 0.2) is 11.5 Å². The number of ether oxygens (including phenoxy) is 2. The number of alkyl halides is 1. The van der Waals surface area contributed by atoms with Gasteiger partial charge in [0.2, 0.25) is 6.79 Å². The lowest BCUT2D eigenvalue weighted by Gasteiger charge is -2.24. The molecule has 0 saturated heterocycles. The predicted octanol–water partition coefficient (Wildman–Crippen LogP) is 2.25. The summed E-state index contributed by atoms with van der Waals surface area (Å²) in [6, 6.07) is 4.01. The Morgan fingerprint density at radius 1 is 1.25 bits per heavy atom. The molecule has 12 heavy (non-hydrogen) atoms. The molecular weight excluding hydrogens is 176 g/mol. The van der Waals surface area contributed by atoms with E-state index in [1.54, 1.807) is 0 Å². The lowest BCUT2D eigenvalue weighted by atomic mass is 9.87. The highest BCUT2D eigenvalue weighted by molar-refractivity contribution is 6.22. The average Bonchev–Trinajstić information content (AvgIpc) is 2.49. The average molecular weight is 183 g/mol. The van der Waals surface area contributed by atoms with Crippen molar-refractivity contribution in [1.82, 2.24) is 0 Å². The van der Waals surface area contributed by atoms with Crippen LogP contribution in [0.2, 0.25) is 0 Å². The van der Waals surface area contributed by atoms with Crippen LogP contribution in [-0.2, 0) is 6.42 Å². The van der Waals surface area contributed by atoms with E-state index >= 15 is 0 Å². The summed E-state index contributed by atoms with van der Waals surface area (Å²) < 4.78 is 10.5. The maximum absolute atomic E-state index is 5.98. The molecule has 0 radical (unpaired) electrons. The number of benzene rings is 1. The third kappa shape index (κ3) is 0.707. The normalized spacial score (nSPS) is 23.2. The minimum atomic E-state index is 0.175. The number of rotatable bonds is 0. The molecule has 0 aromatic heterocycles. The lowest BCUT2D eigenvalue weighted by Crippen LogP contribution is -2.11. The summed E-state index contributed by atoms with van der Waals surface area (Å²) in [5.74, 6) is 1.69. The molecule has 2 nitrogen and oxygen atoms in total. The zero-order valence-electron chi connectivity index (χ0n) is 6.34. The molecule has 0 spiro atoms. The van der Waals surface area contributed by atoms with Gasteiger partial charge in [-0.2, -0.15) is 0 Å². The Kier molecular flexibility index (Phi) is 1.14. The first kappa shape index (κ1) is 6.61. The van der Waals surface area contributed by atoms with E-state index < -0.39 is 0 Å². The molecule has 1 heterocycles. The second-order valence-corrected chi connectivity index (χ2v) is 3.60. The summed E-state index contributed by atoms with van der Waals surface area (Å²) in [4.78, 5) is 0. The molecule has 1 aliphatic heterocycles. The van der Waals surface area contributed by atoms with Crippen molar-refractivity contribution < 1.29 is 9.47 Å². The van der Waals surface area contributed by atoms with Gasteiger partial charge in [-0.15, -0.1) is 11.6 Å². The Labute approximate surface area is 75.0 Å². The van der Waals surface area contributed by atoms with E-state index in [0.717, 1.165) is 17.9 Å². The highest BCUT2D eigenvalue weighted by atomic mass is 35.5. The van der Waals surface area contributed by atoms with Gasteiger partial charge in [0.05, 0.1) is 5.38 Å². The van der Waals surface area contributed by atoms with Crippen LogP contribution in [0.4, 0.5) is 0 Å². The first-order valence-corrected chi connectivity index (χ1v) is 4.35. The molecule has 1 unspecified atom stereocenters. The quantitative estimate of drug-likeness (QED) is 0.573. The monoisotopic (exact) mass is 182 g/mol. The first-order valence-electron chi connectivity index (χ1n) is 3.91. The van der Waals surface area contributed by atoms with Crippen LogP contribution in [0.25, 0.3) is 0 Å². The fourth-order valence-corrected chi connectivity index (χ4v) is 2.01. The van der Waals surface area contributed by atoms with Crippen molar-refractivity contribution in [1.29, 1.82) is 0 Å². The van der Waals surface area contributed by atoms with Crippen LogP contribution in [0.3, 0.4) is 0 Å². The van der Waals surface area contributed by atoms with Gasteiger partial charge in [-0.05, 0) is 29.7 Å². The molecule has 0 saturated carbocycles. The molecule has 0 fully saturated rings. The summed E-state index contributed by atoms with van der Waals surface area (Å²) in [6.07, 6.45) is 0.952. The maximum atomic E-state index is 5.98. The van der Waals surface area contributed by atoms with Gasteiger partial charge in [0.25, 0.3) is 0 Å². The highest BCUT2D eigenvalue weighted by Gasteiger charge is 2.28. The standard InChI is InChI=1S/C9H7ClO2/c10-7-1-5-2-8-9(3-6(5)7)12-4-11-8/h2-3,7H,1,4H2. The molecule has 0 amide bonds. The van der Waals surface area contributed by atoms with Crippen molar-refractivity contribution in [3.8, 4) is 11.5 Å². The van der Waals surface area contributed by atoms with Crippen LogP contribution in [0, 0.1) is 0 Å². The Bertz CT molecular complexity index is 348. The molecule has 1 atom stereocenters. The van der Waals surface area contributed by atoms with E-state index in [0.29, 0.717) is 6.79 Å². The van der Waals surface area contributed by atoms with Crippen molar-refractivity contribution in [3.63, 3.8) is 0 Å². The molecule has 1 aromatic carbocycles. The summed E-state index contributed by atoms with van der Waals surface area (Å²) in [7, 11) is 0. The lowest BCUT2D eigenvalue weighted by molar-refractivity contribution is 0.174. The van der Waals surface area contributed by atoms with Crippen LogP contribution >= 0.6 is 11.6 Å². The molecule has 62 valence electrons. The largest absolute Gasteiger partial charge is 0.454 e. The van der Waals surface area contributed by atoms with E-state index in [1.807, 2.05) is 12.1 Å². The Morgan fingerprint density at radius 3 is 2.75 bits per heavy atom. The molecule has 3 rings (SSSR count). The molecule has 2 aliphatic rings. The van der Waals surface area contributed by atoms with Crippen molar-refractivity contribution in [2.24, 2.45) is 0 Å². The van der Waals surface area contributed by atoms with Crippen LogP contribution in [0.15, 0.2) is 12.1 Å². The number of hydrogen-bond donors (Lipinski definition) is 0. The Hall–Kier alpha value is -0.890. The van der Waals surface area contributed by atoms with Gasteiger partial charge in [0.1, 0.15) is 0 Å². The summed E-state index contributed by atoms with van der Waals surface area (Å²) in [6.45, 7) is 0.338. The number of halogens is 1. The van der Waals surface area contributed by atoms with Gasteiger partial charge >= 0.3 is 0 Å². The molecule has 1 aliphatic carbocycles. The smallest absolute Gasteiger partial charge is 0.231 e. The van der Waals surface area contributed by atoms with E-state index in [-0.39, 0.29) is 5.38 Å². The second kappa shape index (κ2) is 2.07. The highest BCUT2D eigenvalue weighted by Crippen LogP contribution is 2.45. The van der Waals surface area contributed by atoms with E-state index in [1.165, 1.54) is 11.1 Å². The summed E-state index contributed by atoms with van der Waals surface area (Å²) in [5.41, 5.74) is 2.49. The first-order chi connectivity index (χ1) is 5.84. The van der Waals surface area contributed by atoms with Gasteiger partial charge < -0.3 is 9.47 Å². The van der Waals surface area contributed by atoms with Gasteiger partial charge in [-0.25, -0.2) is 0 Å². The van der Waals surface area contributed by atoms with Gasteiger partial charge in [-0.1, -0.05) is 0 Å². The van der Waals surface area contributed by atoms with Crippen LogP contribution in [-0.4, -0.2) is 6.79 Å². The summed E-state index contributed by atoms with van der Waals surface area (Å²) in [5, 5.41) is 0.175. The number of hydrogen-bond acceptors (Lipinski definition) is 2. The van der Waals surface area contributed by atoms with Gasteiger partial charge in [0, 0.05) is 0 Å². The number of fused-ring (bicyclic) bond motifs is 2. The topological polar surface area (TPSA) is 18.5 Å². The third-order valence-electron chi connectivity index (χ3n) is 2.37. The Morgan fingerprint density at radius 2 is 2.00 bits per heavy atom. The van der Waals surface area contributed by atoms with E-state index in [2.05, 4.69) is 0 Å². The fourth-order valence-electron chi connectivity index (χ4n) is 1.64. The molecular formula is C9H7ClO2. The molecule has 0 bridgehead atoms. The van der Waals surface area contributed by atoms with Crippen molar-refractivity contribution >= 4 is 11.6 Å². The zero-order chi connectivity index (χ0) is 8.13. The van der Waals surface area contributed by atoms with Crippen molar-refractivity contribution in [2.45, 2.75) is 11.8 Å². The van der Waals surface area contributed by atoms with Crippen molar-refractivity contribution in [3.05, 3.63) is 23.3 Å². The predicted molar refractivity (Wildman–Crippen MR) is 44.9 cm³/mol. The fraction of sp³-hybridized carbons (Fsp3) is 0.333. The van der Waals surface area contributed by atoms with Gasteiger partial charge in [-0.3, -0.25) is 0 Å². The minimum absolute atomic E-state index is 0.175. The zero-order valence-corrected chi connectivity index (χ0v) is 7.10. The third-order valence-corrected chi connectivity index (χ3v) is 2.76. The van der Waals surface area contributed by atoms with E-state index in [4.69, 9.17) is 21.1 Å². The second-order valence-electron chi connectivity index (χ2n) is 3.08. The van der Waals surface area contributed by atoms with E-state index in [9.17, 15) is 0 Å².